The molecule has 1 unspecified atom stereocenters. The number of benzene rings is 1. The fraction of sp³-hybridized carbons (Fsp3) is 0.455. The van der Waals surface area contributed by atoms with Crippen molar-refractivity contribution in [2.45, 2.75) is 23.5 Å². The van der Waals surface area contributed by atoms with Crippen molar-refractivity contribution in [2.75, 3.05) is 11.5 Å². The van der Waals surface area contributed by atoms with Crippen LogP contribution in [0.3, 0.4) is 0 Å². The molecule has 0 nitrogen and oxygen atoms in total. The predicted molar refractivity (Wildman–Crippen MR) is 62.8 cm³/mol. The fourth-order valence-corrected chi connectivity index (χ4v) is 3.86. The first-order valence-electron chi connectivity index (χ1n) is 4.72. The summed E-state index contributed by atoms with van der Waals surface area (Å²) in [5.74, 6) is 2.54. The highest BCUT2D eigenvalue weighted by Gasteiger charge is 2.20. The normalized spacial score (nSPS) is 20.2. The lowest BCUT2D eigenvalue weighted by Crippen LogP contribution is -2.03. The van der Waals surface area contributed by atoms with E-state index < -0.39 is 0 Å². The van der Waals surface area contributed by atoms with Gasteiger partial charge in [-0.05, 0) is 23.8 Å². The van der Waals surface area contributed by atoms with E-state index >= 15 is 0 Å². The van der Waals surface area contributed by atoms with Gasteiger partial charge in [0.1, 0.15) is 0 Å². The Morgan fingerprint density at radius 2 is 2.31 bits per heavy atom. The molecule has 1 aromatic carbocycles. The van der Waals surface area contributed by atoms with Crippen molar-refractivity contribution < 1.29 is 0 Å². The van der Waals surface area contributed by atoms with Gasteiger partial charge in [-0.1, -0.05) is 25.1 Å². The molecule has 13 heavy (non-hydrogen) atoms. The van der Waals surface area contributed by atoms with E-state index in [0.29, 0.717) is 0 Å². The third kappa shape index (κ3) is 2.23. The molecule has 0 fully saturated rings. The van der Waals surface area contributed by atoms with E-state index in [0.717, 1.165) is 5.25 Å². The van der Waals surface area contributed by atoms with Crippen molar-refractivity contribution >= 4 is 23.5 Å². The van der Waals surface area contributed by atoms with Gasteiger partial charge in [0, 0.05) is 15.9 Å². The van der Waals surface area contributed by atoms with E-state index in [-0.39, 0.29) is 0 Å². The summed E-state index contributed by atoms with van der Waals surface area (Å²) in [7, 11) is 0. The van der Waals surface area contributed by atoms with Crippen LogP contribution in [0.25, 0.3) is 0 Å². The van der Waals surface area contributed by atoms with Gasteiger partial charge in [0.05, 0.1) is 0 Å². The highest BCUT2D eigenvalue weighted by atomic mass is 32.2. The minimum atomic E-state index is 0.822. The molecule has 1 atom stereocenters. The molecule has 0 spiro atoms. The van der Waals surface area contributed by atoms with Gasteiger partial charge in [0.25, 0.3) is 0 Å². The molecule has 1 aromatic rings. The van der Waals surface area contributed by atoms with Crippen molar-refractivity contribution in [3.05, 3.63) is 29.8 Å². The molecule has 2 rings (SSSR count). The van der Waals surface area contributed by atoms with E-state index in [2.05, 4.69) is 54.7 Å². The minimum Gasteiger partial charge on any atom is -0.161 e. The molecule has 2 heteroatoms. The second kappa shape index (κ2) is 4.43. The van der Waals surface area contributed by atoms with Crippen molar-refractivity contribution in [2.24, 2.45) is 0 Å². The third-order valence-electron chi connectivity index (χ3n) is 2.22. The predicted octanol–water partition coefficient (Wildman–Crippen LogP) is 3.46. The summed E-state index contributed by atoms with van der Waals surface area (Å²) in [5.41, 5.74) is 1.55. The molecule has 0 radical (unpaired) electrons. The molecule has 70 valence electrons. The van der Waals surface area contributed by atoms with Crippen LogP contribution in [0.1, 0.15) is 12.5 Å². The monoisotopic (exact) mass is 210 g/mol. The Hall–Kier alpha value is -0.0800. The molecule has 0 saturated heterocycles. The van der Waals surface area contributed by atoms with Gasteiger partial charge in [0.2, 0.25) is 0 Å². The Bertz CT molecular complexity index is 258. The summed E-state index contributed by atoms with van der Waals surface area (Å²) in [4.78, 5) is 1.50. The van der Waals surface area contributed by atoms with Crippen molar-refractivity contribution in [3.8, 4) is 0 Å². The Kier molecular flexibility index (Phi) is 3.23. The van der Waals surface area contributed by atoms with Gasteiger partial charge >= 0.3 is 0 Å². The van der Waals surface area contributed by atoms with Crippen LogP contribution in [0.5, 0.6) is 0 Å². The molecular weight excluding hydrogens is 196 g/mol. The van der Waals surface area contributed by atoms with Crippen LogP contribution < -0.4 is 0 Å². The first kappa shape index (κ1) is 9.47. The van der Waals surface area contributed by atoms with Gasteiger partial charge < -0.3 is 0 Å². The van der Waals surface area contributed by atoms with Crippen molar-refractivity contribution in [1.82, 2.24) is 0 Å². The average molecular weight is 210 g/mol. The molecule has 0 aliphatic carbocycles. The maximum Gasteiger partial charge on any atom is 0.0226 e. The smallest absolute Gasteiger partial charge is 0.0226 e. The molecule has 0 N–H and O–H groups in total. The molecule has 1 aliphatic rings. The minimum absolute atomic E-state index is 0.822. The summed E-state index contributed by atoms with van der Waals surface area (Å²) < 4.78 is 0. The second-order valence-electron chi connectivity index (χ2n) is 3.21. The van der Waals surface area contributed by atoms with Gasteiger partial charge in [-0.25, -0.2) is 0 Å². The lowest BCUT2D eigenvalue weighted by Gasteiger charge is -2.05. The third-order valence-corrected chi connectivity index (χ3v) is 4.80. The van der Waals surface area contributed by atoms with E-state index in [1.54, 1.807) is 5.56 Å². The van der Waals surface area contributed by atoms with E-state index in [4.69, 9.17) is 0 Å². The Balaban J connectivity index is 1.97. The maximum absolute atomic E-state index is 2.26. The number of thioether (sulfide) groups is 2. The standard InChI is InChI=1S/C11H14S2/c1-2-12-8-10-7-9-5-3-4-6-11(9)13-10/h3-6,10H,2,7-8H2,1H3. The summed E-state index contributed by atoms with van der Waals surface area (Å²) in [6.45, 7) is 2.23. The van der Waals surface area contributed by atoms with Crippen LogP contribution in [0, 0.1) is 0 Å². The Morgan fingerprint density at radius 1 is 1.46 bits per heavy atom. The summed E-state index contributed by atoms with van der Waals surface area (Å²) in [5, 5.41) is 0.822. The lowest BCUT2D eigenvalue weighted by atomic mass is 10.1. The SMILES string of the molecule is CCSCC1Cc2ccccc2S1. The first-order valence-corrected chi connectivity index (χ1v) is 6.76. The summed E-state index contributed by atoms with van der Waals surface area (Å²) >= 11 is 4.11. The van der Waals surface area contributed by atoms with Crippen LogP contribution in [0.4, 0.5) is 0 Å². The van der Waals surface area contributed by atoms with Crippen LogP contribution in [0.15, 0.2) is 29.2 Å². The first-order chi connectivity index (χ1) is 6.40. The van der Waals surface area contributed by atoms with E-state index in [1.165, 1.54) is 22.8 Å². The van der Waals surface area contributed by atoms with Crippen LogP contribution in [-0.4, -0.2) is 16.8 Å². The average Bonchev–Trinajstić information content (AvgIpc) is 2.57. The molecule has 0 bridgehead atoms. The van der Waals surface area contributed by atoms with Crippen molar-refractivity contribution in [1.29, 1.82) is 0 Å². The van der Waals surface area contributed by atoms with Gasteiger partial charge in [-0.2, -0.15) is 11.8 Å². The maximum atomic E-state index is 2.26. The zero-order valence-electron chi connectivity index (χ0n) is 7.82. The Morgan fingerprint density at radius 3 is 3.08 bits per heavy atom. The molecule has 0 aromatic heterocycles. The fourth-order valence-electron chi connectivity index (χ4n) is 1.60. The van der Waals surface area contributed by atoms with E-state index in [1.807, 2.05) is 0 Å². The quantitative estimate of drug-likeness (QED) is 0.749. The summed E-state index contributed by atoms with van der Waals surface area (Å²) in [6, 6.07) is 8.80. The van der Waals surface area contributed by atoms with Crippen LogP contribution in [0.2, 0.25) is 0 Å². The highest BCUT2D eigenvalue weighted by Crippen LogP contribution is 2.37. The van der Waals surface area contributed by atoms with Crippen molar-refractivity contribution in [3.63, 3.8) is 0 Å². The Labute approximate surface area is 88.5 Å². The van der Waals surface area contributed by atoms with Gasteiger partial charge in [-0.3, -0.25) is 0 Å². The van der Waals surface area contributed by atoms with Crippen LogP contribution in [-0.2, 0) is 6.42 Å². The molecule has 0 amide bonds. The molecule has 1 aliphatic heterocycles. The van der Waals surface area contributed by atoms with E-state index in [9.17, 15) is 0 Å². The summed E-state index contributed by atoms with van der Waals surface area (Å²) in [6.07, 6.45) is 1.27. The molecular formula is C11H14S2. The second-order valence-corrected chi connectivity index (χ2v) is 5.87. The highest BCUT2D eigenvalue weighted by molar-refractivity contribution is 8.03. The van der Waals surface area contributed by atoms with Crippen LogP contribution >= 0.6 is 23.5 Å². The number of hydrogen-bond donors (Lipinski definition) is 0. The van der Waals surface area contributed by atoms with Gasteiger partial charge in [0.15, 0.2) is 0 Å². The zero-order chi connectivity index (χ0) is 9.10. The number of fused-ring (bicyclic) bond motifs is 1. The number of rotatable bonds is 3. The number of hydrogen-bond acceptors (Lipinski definition) is 2. The van der Waals surface area contributed by atoms with Gasteiger partial charge in [-0.15, -0.1) is 11.8 Å². The topological polar surface area (TPSA) is 0 Å². The zero-order valence-corrected chi connectivity index (χ0v) is 9.46. The molecule has 1 heterocycles. The lowest BCUT2D eigenvalue weighted by molar-refractivity contribution is 0.970. The largest absolute Gasteiger partial charge is 0.161 e. The molecule has 0 saturated carbocycles.